The van der Waals surface area contributed by atoms with Crippen molar-refractivity contribution in [2.75, 3.05) is 7.11 Å². The molecule has 0 saturated carbocycles. The quantitative estimate of drug-likeness (QED) is 0.631. The smallest absolute Gasteiger partial charge is 0.467 e. The van der Waals surface area contributed by atoms with Gasteiger partial charge in [0.1, 0.15) is 18.1 Å². The van der Waals surface area contributed by atoms with Crippen LogP contribution in [0.4, 0.5) is 13.2 Å². The lowest BCUT2D eigenvalue weighted by molar-refractivity contribution is -0.274. The first-order chi connectivity index (χ1) is 12.7. The molecular weight excluding hydrogens is 371 g/mol. The van der Waals surface area contributed by atoms with E-state index in [2.05, 4.69) is 24.8 Å². The van der Waals surface area contributed by atoms with Crippen molar-refractivity contribution in [3.63, 3.8) is 0 Å². The van der Waals surface area contributed by atoms with Gasteiger partial charge in [-0.05, 0) is 31.2 Å². The van der Waals surface area contributed by atoms with E-state index in [1.807, 2.05) is 0 Å². The van der Waals surface area contributed by atoms with Gasteiger partial charge in [0.25, 0.3) is 5.56 Å². The predicted molar refractivity (Wildman–Crippen MR) is 84.3 cm³/mol. The Hall–Kier alpha value is -3.44. The molecule has 27 heavy (non-hydrogen) atoms. The Bertz CT molecular complexity index is 1040. The maximum absolute atomic E-state index is 12.5. The molecule has 0 saturated heterocycles. The molecule has 0 amide bonds. The van der Waals surface area contributed by atoms with E-state index in [9.17, 15) is 22.8 Å². The molecule has 0 aliphatic carbocycles. The number of esters is 1. The van der Waals surface area contributed by atoms with Gasteiger partial charge in [-0.15, -0.1) is 18.3 Å². The van der Waals surface area contributed by atoms with Crippen molar-refractivity contribution in [1.82, 2.24) is 24.5 Å². The minimum atomic E-state index is -4.80. The van der Waals surface area contributed by atoms with Crippen LogP contribution in [0.25, 0.3) is 16.9 Å². The first-order valence-corrected chi connectivity index (χ1v) is 7.48. The molecule has 1 aromatic carbocycles. The van der Waals surface area contributed by atoms with Crippen molar-refractivity contribution >= 4 is 17.1 Å². The largest absolute Gasteiger partial charge is 0.573 e. The second kappa shape index (κ2) is 6.70. The van der Waals surface area contributed by atoms with Crippen LogP contribution in [-0.4, -0.2) is 44.0 Å². The molecule has 2 aromatic heterocycles. The van der Waals surface area contributed by atoms with Crippen molar-refractivity contribution in [2.24, 2.45) is 0 Å². The van der Waals surface area contributed by atoms with E-state index in [0.717, 1.165) is 23.0 Å². The number of fused-ring (bicyclic) bond motifs is 1. The summed E-state index contributed by atoms with van der Waals surface area (Å²) < 4.78 is 47.3. The molecule has 3 aromatic rings. The maximum atomic E-state index is 12.5. The van der Waals surface area contributed by atoms with Crippen LogP contribution in [-0.2, 0) is 9.53 Å². The molecule has 0 fully saturated rings. The van der Waals surface area contributed by atoms with Gasteiger partial charge in [-0.3, -0.25) is 9.36 Å². The normalized spacial score (nSPS) is 12.8. The second-order valence-electron chi connectivity index (χ2n) is 5.37. The zero-order valence-corrected chi connectivity index (χ0v) is 14.0. The van der Waals surface area contributed by atoms with E-state index in [-0.39, 0.29) is 11.2 Å². The zero-order valence-electron chi connectivity index (χ0n) is 14.0. The van der Waals surface area contributed by atoms with Gasteiger partial charge in [0, 0.05) is 0 Å². The molecule has 12 heteroatoms. The number of halogens is 3. The summed E-state index contributed by atoms with van der Waals surface area (Å²) in [5.74, 6) is -1.04. The molecule has 0 aliphatic heterocycles. The summed E-state index contributed by atoms with van der Waals surface area (Å²) in [7, 11) is 1.19. The van der Waals surface area contributed by atoms with Crippen molar-refractivity contribution in [1.29, 1.82) is 0 Å². The summed E-state index contributed by atoms with van der Waals surface area (Å²) in [6.07, 6.45) is -3.66. The summed E-state index contributed by atoms with van der Waals surface area (Å²) in [4.78, 5) is 28.2. The molecule has 0 bridgehead atoms. The Morgan fingerprint density at radius 1 is 1.22 bits per heavy atom. The summed E-state index contributed by atoms with van der Waals surface area (Å²) in [6.45, 7) is 1.46. The lowest BCUT2D eigenvalue weighted by Crippen LogP contribution is -2.29. The van der Waals surface area contributed by atoms with E-state index in [4.69, 9.17) is 0 Å². The topological polar surface area (TPSA) is 101 Å². The number of ether oxygens (including phenoxy) is 2. The van der Waals surface area contributed by atoms with Gasteiger partial charge < -0.3 is 9.47 Å². The van der Waals surface area contributed by atoms with Crippen LogP contribution in [0.1, 0.15) is 13.0 Å². The number of methoxy groups -OCH3 is 1. The van der Waals surface area contributed by atoms with Gasteiger partial charge in [0.15, 0.2) is 11.2 Å². The van der Waals surface area contributed by atoms with Crippen LogP contribution < -0.4 is 10.3 Å². The van der Waals surface area contributed by atoms with Crippen molar-refractivity contribution in [3.8, 4) is 11.4 Å². The van der Waals surface area contributed by atoms with E-state index in [1.165, 1.54) is 30.8 Å². The van der Waals surface area contributed by atoms with E-state index < -0.39 is 29.7 Å². The van der Waals surface area contributed by atoms with Crippen LogP contribution in [0, 0.1) is 0 Å². The van der Waals surface area contributed by atoms with Crippen molar-refractivity contribution < 1.29 is 27.4 Å². The standard InChI is InChI=1S/C15H12F3N5O4/c1-8(14(25)26-2)22-7-19-12-11(13(22)24)20-21-23(12)9-3-5-10(6-4-9)27-15(16,17)18/h3-8H,1-2H3. The highest BCUT2D eigenvalue weighted by Gasteiger charge is 2.31. The van der Waals surface area contributed by atoms with Gasteiger partial charge in [-0.2, -0.15) is 4.68 Å². The SMILES string of the molecule is COC(=O)C(C)n1cnc2c(nnn2-c2ccc(OC(F)(F)F)cc2)c1=O. The molecule has 2 heterocycles. The predicted octanol–water partition coefficient (Wildman–Crippen LogP) is 1.61. The minimum absolute atomic E-state index is 0.0813. The van der Waals surface area contributed by atoms with Crippen LogP contribution >= 0.6 is 0 Å². The van der Waals surface area contributed by atoms with E-state index in [0.29, 0.717) is 5.69 Å². The fourth-order valence-electron chi connectivity index (χ4n) is 2.35. The van der Waals surface area contributed by atoms with Gasteiger partial charge in [-0.1, -0.05) is 5.21 Å². The average molecular weight is 383 g/mol. The summed E-state index contributed by atoms with van der Waals surface area (Å²) in [5.41, 5.74) is -0.319. The Morgan fingerprint density at radius 2 is 1.89 bits per heavy atom. The first kappa shape index (κ1) is 18.4. The van der Waals surface area contributed by atoms with Crippen LogP contribution in [0.15, 0.2) is 35.4 Å². The van der Waals surface area contributed by atoms with Gasteiger partial charge >= 0.3 is 12.3 Å². The van der Waals surface area contributed by atoms with Crippen LogP contribution in [0.2, 0.25) is 0 Å². The van der Waals surface area contributed by atoms with Crippen LogP contribution in [0.5, 0.6) is 5.75 Å². The monoisotopic (exact) mass is 383 g/mol. The average Bonchev–Trinajstić information content (AvgIpc) is 3.05. The maximum Gasteiger partial charge on any atom is 0.573 e. The second-order valence-corrected chi connectivity index (χ2v) is 5.37. The third-order valence-electron chi connectivity index (χ3n) is 3.66. The number of hydrogen-bond acceptors (Lipinski definition) is 7. The van der Waals surface area contributed by atoms with Crippen molar-refractivity contribution in [3.05, 3.63) is 40.9 Å². The molecule has 0 aliphatic rings. The van der Waals surface area contributed by atoms with E-state index >= 15 is 0 Å². The zero-order chi connectivity index (χ0) is 19.8. The van der Waals surface area contributed by atoms with Crippen molar-refractivity contribution in [2.45, 2.75) is 19.3 Å². The van der Waals surface area contributed by atoms with E-state index in [1.54, 1.807) is 0 Å². The number of benzene rings is 1. The fraction of sp³-hybridized carbons (Fsp3) is 0.267. The highest BCUT2D eigenvalue weighted by Crippen LogP contribution is 2.24. The number of aromatic nitrogens is 5. The molecule has 1 atom stereocenters. The summed E-state index contributed by atoms with van der Waals surface area (Å²) >= 11 is 0. The first-order valence-electron chi connectivity index (χ1n) is 7.48. The van der Waals surface area contributed by atoms with Gasteiger partial charge in [0.05, 0.1) is 12.8 Å². The molecule has 0 radical (unpaired) electrons. The number of hydrogen-bond donors (Lipinski definition) is 0. The molecule has 1 unspecified atom stereocenters. The Morgan fingerprint density at radius 3 is 2.48 bits per heavy atom. The molecule has 3 rings (SSSR count). The summed E-state index contributed by atoms with van der Waals surface area (Å²) in [6, 6.07) is 3.88. The number of alkyl halides is 3. The molecule has 0 spiro atoms. The molecule has 9 nitrogen and oxygen atoms in total. The lowest BCUT2D eigenvalue weighted by atomic mass is 10.3. The third kappa shape index (κ3) is 3.59. The van der Waals surface area contributed by atoms with Crippen LogP contribution in [0.3, 0.4) is 0 Å². The van der Waals surface area contributed by atoms with Gasteiger partial charge in [0.2, 0.25) is 0 Å². The molecule has 142 valence electrons. The third-order valence-corrected chi connectivity index (χ3v) is 3.66. The fourth-order valence-corrected chi connectivity index (χ4v) is 2.35. The number of nitrogens with zero attached hydrogens (tertiary/aromatic N) is 5. The lowest BCUT2D eigenvalue weighted by Gasteiger charge is -2.11. The Kier molecular flexibility index (Phi) is 4.56. The molecular formula is C15H12F3N5O4. The highest BCUT2D eigenvalue weighted by atomic mass is 19.4. The highest BCUT2D eigenvalue weighted by molar-refractivity contribution is 5.75. The Balaban J connectivity index is 1.99. The van der Waals surface area contributed by atoms with Gasteiger partial charge in [-0.25, -0.2) is 9.78 Å². The Labute approximate surface area is 148 Å². The number of rotatable bonds is 4. The minimum Gasteiger partial charge on any atom is -0.467 e. The summed E-state index contributed by atoms with van der Waals surface area (Å²) in [5, 5.41) is 7.57. The number of carbonyl (C=O) groups is 1. The molecule has 0 N–H and O–H groups in total. The number of carbonyl (C=O) groups excluding carboxylic acids is 1.